The molecule has 0 rings (SSSR count). The predicted molar refractivity (Wildman–Crippen MR) is 51.5 cm³/mol. The van der Waals surface area contributed by atoms with Crippen molar-refractivity contribution in [2.24, 2.45) is 5.92 Å². The number of rotatable bonds is 6. The van der Waals surface area contributed by atoms with E-state index in [0.717, 1.165) is 0 Å². The molecule has 0 aliphatic carbocycles. The average molecular weight is 270 g/mol. The summed E-state index contributed by atoms with van der Waals surface area (Å²) in [7, 11) is -5.20. The van der Waals surface area contributed by atoms with Crippen LogP contribution in [-0.2, 0) is 18.9 Å². The normalized spacial score (nSPS) is 15.3. The molecule has 0 saturated carbocycles. The van der Waals surface area contributed by atoms with Gasteiger partial charge in [0.25, 0.3) is 0 Å². The molecule has 0 saturated heterocycles. The summed E-state index contributed by atoms with van der Waals surface area (Å²) in [5, 5.41) is 23.0. The molecule has 9 nitrogen and oxygen atoms in total. The van der Waals surface area contributed by atoms with Gasteiger partial charge >= 0.3 is 25.5 Å². The third-order valence-corrected chi connectivity index (χ3v) is 3.96. The summed E-state index contributed by atoms with van der Waals surface area (Å²) in [6, 6.07) is 0. The monoisotopic (exact) mass is 270 g/mol. The van der Waals surface area contributed by atoms with Crippen molar-refractivity contribution in [2.45, 2.75) is 18.5 Å². The van der Waals surface area contributed by atoms with Crippen LogP contribution in [0.3, 0.4) is 0 Å². The van der Waals surface area contributed by atoms with Gasteiger partial charge in [-0.1, -0.05) is 0 Å². The van der Waals surface area contributed by atoms with Crippen LogP contribution in [0.2, 0.25) is 0 Å². The van der Waals surface area contributed by atoms with Gasteiger partial charge in [0.2, 0.25) is 0 Å². The van der Waals surface area contributed by atoms with E-state index in [2.05, 4.69) is 0 Å². The number of hydrogen-bond donors (Lipinski definition) is 5. The second-order valence-corrected chi connectivity index (χ2v) is 5.63. The molecule has 17 heavy (non-hydrogen) atoms. The summed E-state index contributed by atoms with van der Waals surface area (Å²) >= 11 is 0. The predicted octanol–water partition coefficient (Wildman–Crippen LogP) is -0.817. The van der Waals surface area contributed by atoms with Crippen LogP contribution >= 0.6 is 7.60 Å². The zero-order chi connectivity index (χ0) is 14.0. The number of carboxylic acids is 3. The van der Waals surface area contributed by atoms with Gasteiger partial charge < -0.3 is 25.1 Å². The van der Waals surface area contributed by atoms with E-state index in [0.29, 0.717) is 6.92 Å². The van der Waals surface area contributed by atoms with Crippen molar-refractivity contribution >= 4 is 25.5 Å². The summed E-state index contributed by atoms with van der Waals surface area (Å²) in [6.45, 7) is 0.606. The van der Waals surface area contributed by atoms with E-state index in [-0.39, 0.29) is 0 Å². The molecule has 0 heterocycles. The van der Waals surface area contributed by atoms with Gasteiger partial charge in [-0.15, -0.1) is 0 Å². The van der Waals surface area contributed by atoms with Gasteiger partial charge in [-0.2, -0.15) is 0 Å². The van der Waals surface area contributed by atoms with Gasteiger partial charge in [-0.25, -0.2) is 0 Å². The average Bonchev–Trinajstić information content (AvgIpc) is 2.10. The summed E-state index contributed by atoms with van der Waals surface area (Å²) in [5.41, 5.74) is 0. The van der Waals surface area contributed by atoms with E-state index in [4.69, 9.17) is 25.1 Å². The molecule has 0 aliphatic rings. The van der Waals surface area contributed by atoms with Gasteiger partial charge in [-0.3, -0.25) is 18.9 Å². The van der Waals surface area contributed by atoms with E-state index in [1.54, 1.807) is 0 Å². The molecule has 0 amide bonds. The minimum atomic E-state index is -5.20. The van der Waals surface area contributed by atoms with Crippen molar-refractivity contribution in [3.8, 4) is 0 Å². The third kappa shape index (κ3) is 3.26. The highest BCUT2D eigenvalue weighted by Crippen LogP contribution is 2.53. The van der Waals surface area contributed by atoms with Crippen LogP contribution in [0.25, 0.3) is 0 Å². The largest absolute Gasteiger partial charge is 0.481 e. The van der Waals surface area contributed by atoms with Gasteiger partial charge in [0.1, 0.15) is 0 Å². The molecule has 0 spiro atoms. The lowest BCUT2D eigenvalue weighted by molar-refractivity contribution is -0.155. The molecule has 10 heteroatoms. The smallest absolute Gasteiger partial charge is 0.342 e. The maximum Gasteiger partial charge on any atom is 0.342 e. The van der Waals surface area contributed by atoms with E-state index >= 15 is 0 Å². The first kappa shape index (κ1) is 15.6. The fraction of sp³-hybridized carbons (Fsp3) is 0.571. The highest BCUT2D eigenvalue weighted by molar-refractivity contribution is 7.54. The maximum absolute atomic E-state index is 11.0. The molecule has 0 fully saturated rings. The van der Waals surface area contributed by atoms with Crippen LogP contribution in [0.5, 0.6) is 0 Å². The summed E-state index contributed by atoms with van der Waals surface area (Å²) in [6.07, 6.45) is -1.21. The van der Waals surface area contributed by atoms with E-state index < -0.39 is 43.0 Å². The van der Waals surface area contributed by atoms with Crippen LogP contribution in [0.4, 0.5) is 0 Å². The Bertz CT molecular complexity index is 382. The lowest BCUT2D eigenvalue weighted by Gasteiger charge is -2.26. The zero-order valence-corrected chi connectivity index (χ0v) is 9.50. The molecule has 1 unspecified atom stereocenters. The number of carboxylic acid groups (broad SMARTS) is 3. The molecule has 1 atom stereocenters. The molecular formula is C7H11O9P. The molecule has 0 aromatic carbocycles. The standard InChI is InChI=1S/C7H11O9P/c1-7(6(12)13,17(14,15)16)2-3(4(8)9)5(10)11/h3H,2H2,1H3,(H,8,9)(H,10,11)(H,12,13)(H2,14,15,16). The van der Waals surface area contributed by atoms with Crippen molar-refractivity contribution in [3.05, 3.63) is 0 Å². The van der Waals surface area contributed by atoms with Gasteiger partial charge in [0.15, 0.2) is 11.1 Å². The maximum atomic E-state index is 11.0. The fourth-order valence-electron chi connectivity index (χ4n) is 1.01. The van der Waals surface area contributed by atoms with Crippen LogP contribution in [0.1, 0.15) is 13.3 Å². The number of hydrogen-bond acceptors (Lipinski definition) is 4. The minimum Gasteiger partial charge on any atom is -0.481 e. The topological polar surface area (TPSA) is 169 Å². The highest BCUT2D eigenvalue weighted by Gasteiger charge is 2.53. The summed E-state index contributed by atoms with van der Waals surface area (Å²) in [5.74, 6) is -7.89. The molecule has 5 N–H and O–H groups in total. The lowest BCUT2D eigenvalue weighted by Crippen LogP contribution is -2.41. The molecular weight excluding hydrogens is 259 g/mol. The Morgan fingerprint density at radius 2 is 1.47 bits per heavy atom. The second kappa shape index (κ2) is 4.82. The third-order valence-electron chi connectivity index (χ3n) is 2.30. The summed E-state index contributed by atoms with van der Waals surface area (Å²) < 4.78 is 11.0. The van der Waals surface area contributed by atoms with Crippen LogP contribution in [0, 0.1) is 5.92 Å². The van der Waals surface area contributed by atoms with E-state index in [9.17, 15) is 18.9 Å². The van der Waals surface area contributed by atoms with Crippen LogP contribution in [0.15, 0.2) is 0 Å². The first-order valence-corrected chi connectivity index (χ1v) is 5.79. The molecule has 0 aromatic heterocycles. The summed E-state index contributed by atoms with van der Waals surface area (Å²) in [4.78, 5) is 49.6. The van der Waals surface area contributed by atoms with Gasteiger partial charge in [0, 0.05) is 0 Å². The Kier molecular flexibility index (Phi) is 4.41. The highest BCUT2D eigenvalue weighted by atomic mass is 31.2. The Balaban J connectivity index is 5.42. The van der Waals surface area contributed by atoms with Crippen LogP contribution in [-0.4, -0.2) is 48.2 Å². The lowest BCUT2D eigenvalue weighted by atomic mass is 9.95. The molecule has 0 radical (unpaired) electrons. The quantitative estimate of drug-likeness (QED) is 0.305. The molecule has 0 aliphatic heterocycles. The van der Waals surface area contributed by atoms with E-state index in [1.807, 2.05) is 0 Å². The van der Waals surface area contributed by atoms with Gasteiger partial charge in [-0.05, 0) is 13.3 Å². The van der Waals surface area contributed by atoms with Gasteiger partial charge in [0.05, 0.1) is 0 Å². The Morgan fingerprint density at radius 3 is 1.65 bits per heavy atom. The van der Waals surface area contributed by atoms with Crippen molar-refractivity contribution in [1.29, 1.82) is 0 Å². The first-order valence-electron chi connectivity index (χ1n) is 4.18. The number of carbonyl (C=O) groups is 3. The zero-order valence-electron chi connectivity index (χ0n) is 8.60. The van der Waals surface area contributed by atoms with Crippen molar-refractivity contribution < 1.29 is 44.1 Å². The second-order valence-electron chi connectivity index (χ2n) is 3.56. The first-order chi connectivity index (χ1) is 7.43. The molecule has 0 bridgehead atoms. The molecule has 98 valence electrons. The Hall–Kier alpha value is -1.44. The molecule has 0 aromatic rings. The van der Waals surface area contributed by atoms with E-state index in [1.165, 1.54) is 0 Å². The van der Waals surface area contributed by atoms with Crippen molar-refractivity contribution in [3.63, 3.8) is 0 Å². The Labute approximate surface area is 94.8 Å². The van der Waals surface area contributed by atoms with Crippen molar-refractivity contribution in [1.82, 2.24) is 0 Å². The Morgan fingerprint density at radius 1 is 1.12 bits per heavy atom. The van der Waals surface area contributed by atoms with Crippen molar-refractivity contribution in [2.75, 3.05) is 0 Å². The number of aliphatic carboxylic acids is 3. The SMILES string of the molecule is CC(CC(C(=O)O)C(=O)O)(C(=O)O)P(=O)(O)O. The van der Waals surface area contributed by atoms with Crippen LogP contribution < -0.4 is 0 Å². The minimum absolute atomic E-state index is 0.606. The fourth-order valence-corrected chi connectivity index (χ4v) is 1.68.